The molecule has 3 heteroatoms. The lowest BCUT2D eigenvalue weighted by Crippen LogP contribution is -2.32. The smallest absolute Gasteiger partial charge is 0.137 e. The molecule has 1 unspecified atom stereocenters. The third-order valence-electron chi connectivity index (χ3n) is 3.83. The Morgan fingerprint density at radius 2 is 2.15 bits per heavy atom. The lowest BCUT2D eigenvalue weighted by molar-refractivity contribution is 0.315. The fourth-order valence-corrected chi connectivity index (χ4v) is 2.55. The molecule has 1 N–H and O–H groups in total. The molecule has 0 radical (unpaired) electrons. The number of rotatable bonds is 10. The largest absolute Gasteiger partial charge is 0.492 e. The van der Waals surface area contributed by atoms with E-state index >= 15 is 0 Å². The van der Waals surface area contributed by atoms with Crippen molar-refractivity contribution >= 4 is 0 Å². The minimum absolute atomic E-state index is 0.690. The van der Waals surface area contributed by atoms with Crippen LogP contribution in [0.15, 0.2) is 18.5 Å². The zero-order chi connectivity index (χ0) is 14.2. The zero-order valence-corrected chi connectivity index (χ0v) is 12.9. The zero-order valence-electron chi connectivity index (χ0n) is 12.9. The van der Waals surface area contributed by atoms with Gasteiger partial charge in [-0.05, 0) is 62.6 Å². The molecule has 1 atom stereocenters. The van der Waals surface area contributed by atoms with Gasteiger partial charge in [0.05, 0.1) is 12.8 Å². The Hall–Kier alpha value is -1.09. The van der Waals surface area contributed by atoms with Crippen LogP contribution in [0.3, 0.4) is 0 Å². The van der Waals surface area contributed by atoms with Gasteiger partial charge in [0.15, 0.2) is 0 Å². The third-order valence-corrected chi connectivity index (χ3v) is 3.83. The van der Waals surface area contributed by atoms with Crippen molar-refractivity contribution < 1.29 is 4.74 Å². The fourth-order valence-electron chi connectivity index (χ4n) is 2.55. The quantitative estimate of drug-likeness (QED) is 0.709. The molecule has 1 saturated carbocycles. The van der Waals surface area contributed by atoms with Crippen LogP contribution < -0.4 is 10.1 Å². The second-order valence-corrected chi connectivity index (χ2v) is 5.81. The Kier molecular flexibility index (Phi) is 6.31. The molecule has 3 nitrogen and oxygen atoms in total. The summed E-state index contributed by atoms with van der Waals surface area (Å²) < 4.78 is 5.65. The summed E-state index contributed by atoms with van der Waals surface area (Å²) in [5, 5.41) is 3.70. The van der Waals surface area contributed by atoms with Crippen LogP contribution >= 0.6 is 0 Å². The number of ether oxygens (including phenoxy) is 1. The van der Waals surface area contributed by atoms with Crippen LogP contribution in [-0.2, 0) is 6.42 Å². The molecular weight excluding hydrogens is 248 g/mol. The van der Waals surface area contributed by atoms with E-state index in [9.17, 15) is 0 Å². The maximum atomic E-state index is 5.65. The van der Waals surface area contributed by atoms with E-state index < -0.39 is 0 Å². The molecule has 1 fully saturated rings. The predicted molar refractivity (Wildman–Crippen MR) is 83.1 cm³/mol. The number of aryl methyl sites for hydroxylation is 1. The van der Waals surface area contributed by atoms with Crippen LogP contribution in [0.1, 0.15) is 51.5 Å². The maximum Gasteiger partial charge on any atom is 0.137 e. The molecule has 0 aliphatic heterocycles. The van der Waals surface area contributed by atoms with Gasteiger partial charge in [-0.3, -0.25) is 4.98 Å². The maximum absolute atomic E-state index is 5.65. The van der Waals surface area contributed by atoms with Gasteiger partial charge in [0.1, 0.15) is 5.75 Å². The van der Waals surface area contributed by atoms with Crippen LogP contribution in [0.5, 0.6) is 5.75 Å². The molecule has 112 valence electrons. The van der Waals surface area contributed by atoms with E-state index in [1.54, 1.807) is 0 Å². The van der Waals surface area contributed by atoms with Gasteiger partial charge in [0.25, 0.3) is 0 Å². The number of hydrogen-bond donors (Lipinski definition) is 1. The molecule has 1 heterocycles. The van der Waals surface area contributed by atoms with Crippen molar-refractivity contribution in [1.82, 2.24) is 10.3 Å². The highest BCUT2D eigenvalue weighted by molar-refractivity contribution is 5.23. The summed E-state index contributed by atoms with van der Waals surface area (Å²) in [7, 11) is 0. The van der Waals surface area contributed by atoms with Crippen molar-refractivity contribution in [1.29, 1.82) is 0 Å². The van der Waals surface area contributed by atoms with Gasteiger partial charge >= 0.3 is 0 Å². The van der Waals surface area contributed by atoms with E-state index in [0.29, 0.717) is 6.04 Å². The molecule has 1 aromatic heterocycles. The topological polar surface area (TPSA) is 34.2 Å². The van der Waals surface area contributed by atoms with Crippen molar-refractivity contribution in [3.63, 3.8) is 0 Å². The molecular formula is C17H28N2O. The summed E-state index contributed by atoms with van der Waals surface area (Å²) >= 11 is 0. The van der Waals surface area contributed by atoms with E-state index in [4.69, 9.17) is 4.74 Å². The van der Waals surface area contributed by atoms with Gasteiger partial charge in [0.2, 0.25) is 0 Å². The van der Waals surface area contributed by atoms with Crippen molar-refractivity contribution in [2.24, 2.45) is 5.92 Å². The van der Waals surface area contributed by atoms with Crippen LogP contribution in [0, 0.1) is 5.92 Å². The average molecular weight is 276 g/mol. The standard InChI is InChI=1S/C17H28N2O/c1-3-9-19-17(15-6-7-15)8-5-14-11-16(13-18-12-14)20-10-4-2/h11-13,15,17,19H,3-10H2,1-2H3. The highest BCUT2D eigenvalue weighted by atomic mass is 16.5. The Morgan fingerprint density at radius 1 is 1.30 bits per heavy atom. The predicted octanol–water partition coefficient (Wildman–Crippen LogP) is 3.58. The van der Waals surface area contributed by atoms with E-state index in [-0.39, 0.29) is 0 Å². The fraction of sp³-hybridized carbons (Fsp3) is 0.706. The minimum Gasteiger partial charge on any atom is -0.492 e. The van der Waals surface area contributed by atoms with Crippen LogP contribution in [0.2, 0.25) is 0 Å². The Morgan fingerprint density at radius 3 is 2.85 bits per heavy atom. The van der Waals surface area contributed by atoms with Crippen LogP contribution in [0.25, 0.3) is 0 Å². The van der Waals surface area contributed by atoms with Gasteiger partial charge in [-0.1, -0.05) is 13.8 Å². The lowest BCUT2D eigenvalue weighted by atomic mass is 10.0. The molecule has 0 spiro atoms. The number of hydrogen-bond acceptors (Lipinski definition) is 3. The lowest BCUT2D eigenvalue weighted by Gasteiger charge is -2.18. The molecule has 1 aliphatic rings. The Bertz CT molecular complexity index is 390. The molecule has 0 amide bonds. The SMILES string of the molecule is CCCNC(CCc1cncc(OCCC)c1)C1CC1. The van der Waals surface area contributed by atoms with E-state index in [1.807, 2.05) is 12.4 Å². The number of pyridine rings is 1. The molecule has 1 aliphatic carbocycles. The highest BCUT2D eigenvalue weighted by Gasteiger charge is 2.30. The molecule has 2 rings (SSSR count). The first-order valence-corrected chi connectivity index (χ1v) is 8.13. The number of nitrogens with one attached hydrogen (secondary N) is 1. The minimum atomic E-state index is 0.690. The highest BCUT2D eigenvalue weighted by Crippen LogP contribution is 2.34. The molecule has 0 bridgehead atoms. The second-order valence-electron chi connectivity index (χ2n) is 5.81. The summed E-state index contributed by atoms with van der Waals surface area (Å²) in [6.45, 7) is 6.26. The monoisotopic (exact) mass is 276 g/mol. The van der Waals surface area contributed by atoms with Gasteiger partial charge in [0, 0.05) is 12.2 Å². The summed E-state index contributed by atoms with van der Waals surface area (Å²) in [4.78, 5) is 4.29. The number of nitrogens with zero attached hydrogens (tertiary/aromatic N) is 1. The van der Waals surface area contributed by atoms with E-state index in [0.717, 1.165) is 37.7 Å². The Labute approximate surface area is 123 Å². The summed E-state index contributed by atoms with van der Waals surface area (Å²) in [5.41, 5.74) is 1.29. The molecule has 1 aromatic rings. The molecule has 0 saturated heterocycles. The van der Waals surface area contributed by atoms with Crippen molar-refractivity contribution in [2.75, 3.05) is 13.2 Å². The van der Waals surface area contributed by atoms with Crippen LogP contribution in [-0.4, -0.2) is 24.2 Å². The summed E-state index contributed by atoms with van der Waals surface area (Å²) in [6, 6.07) is 2.84. The van der Waals surface area contributed by atoms with E-state index in [1.165, 1.54) is 31.2 Å². The van der Waals surface area contributed by atoms with Crippen molar-refractivity contribution in [2.45, 2.75) is 58.4 Å². The first-order chi connectivity index (χ1) is 9.83. The third kappa shape index (κ3) is 5.12. The average Bonchev–Trinajstić information content (AvgIpc) is 3.30. The first kappa shape index (κ1) is 15.3. The van der Waals surface area contributed by atoms with Gasteiger partial charge in [-0.2, -0.15) is 0 Å². The summed E-state index contributed by atoms with van der Waals surface area (Å²) in [5.74, 6) is 1.82. The molecule has 20 heavy (non-hydrogen) atoms. The van der Waals surface area contributed by atoms with Crippen LogP contribution in [0.4, 0.5) is 0 Å². The van der Waals surface area contributed by atoms with Gasteiger partial charge in [-0.25, -0.2) is 0 Å². The van der Waals surface area contributed by atoms with Crippen molar-refractivity contribution in [3.05, 3.63) is 24.0 Å². The second kappa shape index (κ2) is 8.25. The van der Waals surface area contributed by atoms with E-state index in [2.05, 4.69) is 30.2 Å². The van der Waals surface area contributed by atoms with Gasteiger partial charge < -0.3 is 10.1 Å². The Balaban J connectivity index is 1.82. The number of aromatic nitrogens is 1. The summed E-state index contributed by atoms with van der Waals surface area (Å²) in [6.07, 6.45) is 11.1. The first-order valence-electron chi connectivity index (χ1n) is 8.13. The van der Waals surface area contributed by atoms with Gasteiger partial charge in [-0.15, -0.1) is 0 Å². The molecule has 0 aromatic carbocycles. The van der Waals surface area contributed by atoms with Crippen molar-refractivity contribution in [3.8, 4) is 5.75 Å². The normalized spacial score (nSPS) is 16.1.